The molecule has 1 atom stereocenters. The maximum atomic E-state index is 5.39. The fourth-order valence-corrected chi connectivity index (χ4v) is 1.59. The minimum atomic E-state index is 0.228. The van der Waals surface area contributed by atoms with Crippen LogP contribution in [-0.2, 0) is 0 Å². The van der Waals surface area contributed by atoms with Crippen LogP contribution in [0.1, 0.15) is 29.7 Å². The highest BCUT2D eigenvalue weighted by molar-refractivity contribution is 5.35. The third-order valence-electron chi connectivity index (χ3n) is 2.23. The Labute approximate surface area is 73.8 Å². The summed E-state index contributed by atoms with van der Waals surface area (Å²) in [6, 6.07) is 6.51. The molecular weight excluding hydrogens is 148 g/mol. The lowest BCUT2D eigenvalue weighted by atomic mass is 9.98. The average molecular weight is 164 g/mol. The van der Waals surface area contributed by atoms with Gasteiger partial charge in [-0.25, -0.2) is 0 Å². The quantitative estimate of drug-likeness (QED) is 0.517. The summed E-state index contributed by atoms with van der Waals surface area (Å²) >= 11 is 0. The molecule has 66 valence electrons. The molecule has 2 nitrogen and oxygen atoms in total. The number of hydrogen-bond donors (Lipinski definition) is 2. The first-order valence-corrected chi connectivity index (χ1v) is 4.19. The molecule has 0 bridgehead atoms. The van der Waals surface area contributed by atoms with Crippen LogP contribution in [0.4, 0.5) is 0 Å². The van der Waals surface area contributed by atoms with Gasteiger partial charge in [0, 0.05) is 6.04 Å². The van der Waals surface area contributed by atoms with E-state index in [0.29, 0.717) is 0 Å². The third kappa shape index (κ3) is 1.65. The van der Waals surface area contributed by atoms with Gasteiger partial charge >= 0.3 is 0 Å². The summed E-state index contributed by atoms with van der Waals surface area (Å²) in [5, 5.41) is 0. The Hall–Kier alpha value is -0.860. The number of nitrogens with one attached hydrogen (secondary N) is 1. The molecule has 0 radical (unpaired) electrons. The number of nitrogens with two attached hydrogens (primary N) is 1. The van der Waals surface area contributed by atoms with E-state index in [0.717, 1.165) is 0 Å². The Morgan fingerprint density at radius 3 is 2.17 bits per heavy atom. The first kappa shape index (κ1) is 9.23. The molecule has 1 rings (SSSR count). The van der Waals surface area contributed by atoms with E-state index in [1.54, 1.807) is 0 Å². The lowest BCUT2D eigenvalue weighted by molar-refractivity contribution is 0.596. The molecule has 0 spiro atoms. The second-order valence-electron chi connectivity index (χ2n) is 3.19. The van der Waals surface area contributed by atoms with E-state index < -0.39 is 0 Å². The van der Waals surface area contributed by atoms with E-state index in [-0.39, 0.29) is 6.04 Å². The number of hydrogen-bond acceptors (Lipinski definition) is 2. The lowest BCUT2D eigenvalue weighted by Gasteiger charge is -2.15. The average Bonchev–Trinajstić information content (AvgIpc) is 2.03. The Balaban J connectivity index is 3.12. The third-order valence-corrected chi connectivity index (χ3v) is 2.23. The predicted octanol–water partition coefficient (Wildman–Crippen LogP) is 1.83. The predicted molar refractivity (Wildman–Crippen MR) is 51.7 cm³/mol. The Morgan fingerprint density at radius 1 is 1.25 bits per heavy atom. The van der Waals surface area contributed by atoms with Crippen LogP contribution >= 0.6 is 0 Å². The molecule has 1 aromatic carbocycles. The zero-order valence-corrected chi connectivity index (χ0v) is 7.89. The smallest absolute Gasteiger partial charge is 0.0437 e. The summed E-state index contributed by atoms with van der Waals surface area (Å²) < 4.78 is 0. The maximum Gasteiger partial charge on any atom is 0.0437 e. The Morgan fingerprint density at radius 2 is 1.75 bits per heavy atom. The van der Waals surface area contributed by atoms with Gasteiger partial charge in [-0.2, -0.15) is 0 Å². The van der Waals surface area contributed by atoms with Gasteiger partial charge in [0.25, 0.3) is 0 Å². The van der Waals surface area contributed by atoms with Crippen LogP contribution < -0.4 is 11.3 Å². The minimum Gasteiger partial charge on any atom is -0.271 e. The molecule has 3 N–H and O–H groups in total. The molecule has 0 amide bonds. The molecule has 0 saturated heterocycles. The highest BCUT2D eigenvalue weighted by Crippen LogP contribution is 2.20. The molecule has 2 heteroatoms. The van der Waals surface area contributed by atoms with Crippen molar-refractivity contribution in [2.45, 2.75) is 26.8 Å². The van der Waals surface area contributed by atoms with Crippen molar-refractivity contribution in [3.05, 3.63) is 34.9 Å². The van der Waals surface area contributed by atoms with Crippen LogP contribution in [0.3, 0.4) is 0 Å². The van der Waals surface area contributed by atoms with Crippen molar-refractivity contribution in [2.24, 2.45) is 5.84 Å². The van der Waals surface area contributed by atoms with Crippen molar-refractivity contribution in [1.82, 2.24) is 5.43 Å². The molecule has 0 heterocycles. The highest BCUT2D eigenvalue weighted by atomic mass is 15.2. The first-order chi connectivity index (χ1) is 5.66. The van der Waals surface area contributed by atoms with E-state index in [1.165, 1.54) is 16.7 Å². The summed E-state index contributed by atoms with van der Waals surface area (Å²) in [6.45, 7) is 6.28. The number of rotatable bonds is 2. The van der Waals surface area contributed by atoms with Crippen LogP contribution in [0.2, 0.25) is 0 Å². The standard InChI is InChI=1S/C10H16N2/c1-7-5-4-6-8(2)10(7)9(3)12-11/h4-6,9,12H,11H2,1-3H3. The summed E-state index contributed by atoms with van der Waals surface area (Å²) in [6.07, 6.45) is 0. The second-order valence-corrected chi connectivity index (χ2v) is 3.19. The van der Waals surface area contributed by atoms with Crippen LogP contribution in [0, 0.1) is 13.8 Å². The van der Waals surface area contributed by atoms with Gasteiger partial charge in [0.1, 0.15) is 0 Å². The normalized spacial score (nSPS) is 13.0. The lowest BCUT2D eigenvalue weighted by Crippen LogP contribution is -2.26. The largest absolute Gasteiger partial charge is 0.271 e. The van der Waals surface area contributed by atoms with Crippen molar-refractivity contribution in [1.29, 1.82) is 0 Å². The van der Waals surface area contributed by atoms with Crippen LogP contribution in [-0.4, -0.2) is 0 Å². The maximum absolute atomic E-state index is 5.39. The van der Waals surface area contributed by atoms with E-state index in [2.05, 4.69) is 44.4 Å². The summed E-state index contributed by atoms with van der Waals surface area (Å²) in [5.74, 6) is 5.39. The van der Waals surface area contributed by atoms with Crippen molar-refractivity contribution in [3.8, 4) is 0 Å². The second kappa shape index (κ2) is 3.70. The zero-order chi connectivity index (χ0) is 9.14. The van der Waals surface area contributed by atoms with E-state index in [4.69, 9.17) is 5.84 Å². The monoisotopic (exact) mass is 164 g/mol. The number of benzene rings is 1. The first-order valence-electron chi connectivity index (χ1n) is 4.19. The molecule has 0 aliphatic carbocycles. The molecule has 0 fully saturated rings. The highest BCUT2D eigenvalue weighted by Gasteiger charge is 2.07. The van der Waals surface area contributed by atoms with Gasteiger partial charge in [0.05, 0.1) is 0 Å². The fraction of sp³-hybridized carbons (Fsp3) is 0.400. The van der Waals surface area contributed by atoms with E-state index >= 15 is 0 Å². The summed E-state index contributed by atoms with van der Waals surface area (Å²) in [5.41, 5.74) is 6.65. The Kier molecular flexibility index (Phi) is 2.84. The molecule has 0 aromatic heterocycles. The minimum absolute atomic E-state index is 0.228. The van der Waals surface area contributed by atoms with Crippen molar-refractivity contribution in [2.75, 3.05) is 0 Å². The summed E-state index contributed by atoms with van der Waals surface area (Å²) in [4.78, 5) is 0. The van der Waals surface area contributed by atoms with Gasteiger partial charge < -0.3 is 0 Å². The molecule has 0 aliphatic heterocycles. The molecule has 0 saturated carbocycles. The van der Waals surface area contributed by atoms with Crippen LogP contribution in [0.25, 0.3) is 0 Å². The number of aryl methyl sites for hydroxylation is 2. The van der Waals surface area contributed by atoms with Crippen molar-refractivity contribution in [3.63, 3.8) is 0 Å². The van der Waals surface area contributed by atoms with E-state index in [1.807, 2.05) is 0 Å². The van der Waals surface area contributed by atoms with Crippen molar-refractivity contribution >= 4 is 0 Å². The van der Waals surface area contributed by atoms with Crippen LogP contribution in [0.5, 0.6) is 0 Å². The fourth-order valence-electron chi connectivity index (χ4n) is 1.59. The molecular formula is C10H16N2. The van der Waals surface area contributed by atoms with Gasteiger partial charge in [-0.1, -0.05) is 18.2 Å². The topological polar surface area (TPSA) is 38.0 Å². The molecule has 0 aliphatic rings. The van der Waals surface area contributed by atoms with Gasteiger partial charge in [-0.05, 0) is 37.5 Å². The summed E-state index contributed by atoms with van der Waals surface area (Å²) in [7, 11) is 0. The zero-order valence-electron chi connectivity index (χ0n) is 7.89. The SMILES string of the molecule is Cc1cccc(C)c1C(C)NN. The van der Waals surface area contributed by atoms with E-state index in [9.17, 15) is 0 Å². The van der Waals surface area contributed by atoms with Gasteiger partial charge in [0.2, 0.25) is 0 Å². The number of hydrazine groups is 1. The van der Waals surface area contributed by atoms with Gasteiger partial charge in [-0.15, -0.1) is 0 Å². The van der Waals surface area contributed by atoms with Gasteiger partial charge in [-0.3, -0.25) is 11.3 Å². The molecule has 1 unspecified atom stereocenters. The molecule has 1 aromatic rings. The Bertz CT molecular complexity index is 248. The van der Waals surface area contributed by atoms with Crippen LogP contribution in [0.15, 0.2) is 18.2 Å². The van der Waals surface area contributed by atoms with Crippen molar-refractivity contribution < 1.29 is 0 Å². The molecule has 12 heavy (non-hydrogen) atoms. The van der Waals surface area contributed by atoms with Gasteiger partial charge in [0.15, 0.2) is 0 Å².